The number of nitrogens with one attached hydrogen (secondary N) is 1. The van der Waals surface area contributed by atoms with Crippen LogP contribution in [-0.4, -0.2) is 20.7 Å². The van der Waals surface area contributed by atoms with E-state index in [1.807, 2.05) is 36.4 Å². The normalized spacial score (nSPS) is 10.5. The summed E-state index contributed by atoms with van der Waals surface area (Å²) in [4.78, 5) is 16.2. The predicted molar refractivity (Wildman–Crippen MR) is 96.7 cm³/mol. The number of hydrogen-bond donors (Lipinski definition) is 1. The summed E-state index contributed by atoms with van der Waals surface area (Å²) in [5.41, 5.74) is 2.17. The number of halogens is 1. The average Bonchev–Trinajstić information content (AvgIpc) is 3.03. The summed E-state index contributed by atoms with van der Waals surface area (Å²) in [5.74, 6) is 0.672. The molecule has 2 aromatic heterocycles. The zero-order valence-electron chi connectivity index (χ0n) is 13.0. The van der Waals surface area contributed by atoms with Crippen molar-refractivity contribution in [1.82, 2.24) is 14.8 Å². The van der Waals surface area contributed by atoms with E-state index in [1.54, 1.807) is 29.3 Å². The number of anilines is 1. The van der Waals surface area contributed by atoms with Crippen LogP contribution in [0.5, 0.6) is 0 Å². The molecule has 0 aliphatic rings. The molecule has 6 heteroatoms. The van der Waals surface area contributed by atoms with Gasteiger partial charge in [-0.2, -0.15) is 5.10 Å². The molecule has 0 aliphatic carbocycles. The molecular formula is C18H17BrN4O. The van der Waals surface area contributed by atoms with Gasteiger partial charge in [-0.3, -0.25) is 9.78 Å². The highest BCUT2D eigenvalue weighted by Crippen LogP contribution is 2.14. The van der Waals surface area contributed by atoms with Crippen LogP contribution in [-0.2, 0) is 17.8 Å². The molecule has 0 bridgehead atoms. The minimum absolute atomic E-state index is 0.0311. The number of benzene rings is 1. The second kappa shape index (κ2) is 7.88. The van der Waals surface area contributed by atoms with E-state index >= 15 is 0 Å². The van der Waals surface area contributed by atoms with E-state index in [2.05, 4.69) is 31.3 Å². The highest BCUT2D eigenvalue weighted by atomic mass is 79.9. The van der Waals surface area contributed by atoms with Crippen LogP contribution in [0.2, 0.25) is 0 Å². The average molecular weight is 385 g/mol. The summed E-state index contributed by atoms with van der Waals surface area (Å²) in [6.45, 7) is 0.610. The molecule has 0 spiro atoms. The molecule has 122 valence electrons. The third-order valence-electron chi connectivity index (χ3n) is 3.59. The molecule has 1 N–H and O–H groups in total. The van der Waals surface area contributed by atoms with E-state index in [0.29, 0.717) is 25.2 Å². The van der Waals surface area contributed by atoms with Gasteiger partial charge in [0, 0.05) is 29.4 Å². The smallest absolute Gasteiger partial charge is 0.225 e. The largest absolute Gasteiger partial charge is 0.311 e. The molecule has 1 aromatic carbocycles. The summed E-state index contributed by atoms with van der Waals surface area (Å²) in [6.07, 6.45) is 6.28. The van der Waals surface area contributed by atoms with Gasteiger partial charge in [0.2, 0.25) is 5.91 Å². The van der Waals surface area contributed by atoms with Gasteiger partial charge < -0.3 is 5.32 Å². The summed E-state index contributed by atoms with van der Waals surface area (Å²) < 4.78 is 2.82. The maximum absolute atomic E-state index is 12.2. The van der Waals surface area contributed by atoms with Crippen molar-refractivity contribution < 1.29 is 4.79 Å². The van der Waals surface area contributed by atoms with Gasteiger partial charge in [0.15, 0.2) is 0 Å². The molecule has 2 heterocycles. The predicted octanol–water partition coefficient (Wildman–Crippen LogP) is 3.66. The first-order chi connectivity index (χ1) is 11.7. The van der Waals surface area contributed by atoms with Gasteiger partial charge in [-0.1, -0.05) is 34.1 Å². The van der Waals surface area contributed by atoms with Crippen LogP contribution in [0.15, 0.2) is 65.5 Å². The molecule has 0 unspecified atom stereocenters. The van der Waals surface area contributed by atoms with Gasteiger partial charge in [-0.15, -0.1) is 0 Å². The molecule has 1 amide bonds. The third kappa shape index (κ3) is 4.52. The molecule has 0 aliphatic heterocycles. The number of pyridine rings is 1. The molecule has 5 nitrogen and oxygen atoms in total. The SMILES string of the molecule is O=C(CCc1cccnc1)Nc1ccnn1Cc1ccc(Br)cc1. The minimum Gasteiger partial charge on any atom is -0.311 e. The fraction of sp³-hybridized carbons (Fsp3) is 0.167. The van der Waals surface area contributed by atoms with Crippen molar-refractivity contribution in [2.24, 2.45) is 0 Å². The van der Waals surface area contributed by atoms with Gasteiger partial charge >= 0.3 is 0 Å². The van der Waals surface area contributed by atoms with Gasteiger partial charge in [0.25, 0.3) is 0 Å². The number of nitrogens with zero attached hydrogens (tertiary/aromatic N) is 3. The van der Waals surface area contributed by atoms with Crippen molar-refractivity contribution in [3.8, 4) is 0 Å². The Hall–Kier alpha value is -2.47. The number of hydrogen-bond acceptors (Lipinski definition) is 3. The summed E-state index contributed by atoms with van der Waals surface area (Å²) in [5, 5.41) is 7.21. The fourth-order valence-corrected chi connectivity index (χ4v) is 2.60. The Kier molecular flexibility index (Phi) is 5.38. The van der Waals surface area contributed by atoms with Crippen LogP contribution in [0.1, 0.15) is 17.5 Å². The Bertz CT molecular complexity index is 799. The first-order valence-electron chi connectivity index (χ1n) is 7.66. The number of rotatable bonds is 6. The Morgan fingerprint density at radius 2 is 1.92 bits per heavy atom. The van der Waals surface area contributed by atoms with Crippen molar-refractivity contribution >= 4 is 27.7 Å². The highest BCUT2D eigenvalue weighted by molar-refractivity contribution is 9.10. The van der Waals surface area contributed by atoms with Gasteiger partial charge in [0.1, 0.15) is 5.82 Å². The molecule has 0 radical (unpaired) electrons. The van der Waals surface area contributed by atoms with Crippen LogP contribution in [0, 0.1) is 0 Å². The lowest BCUT2D eigenvalue weighted by atomic mass is 10.1. The Labute approximate surface area is 148 Å². The highest BCUT2D eigenvalue weighted by Gasteiger charge is 2.08. The number of aryl methyl sites for hydroxylation is 1. The van der Waals surface area contributed by atoms with E-state index in [-0.39, 0.29) is 5.91 Å². The van der Waals surface area contributed by atoms with Crippen molar-refractivity contribution in [2.45, 2.75) is 19.4 Å². The first-order valence-corrected chi connectivity index (χ1v) is 8.45. The molecule has 3 aromatic rings. The summed E-state index contributed by atoms with van der Waals surface area (Å²) >= 11 is 3.42. The third-order valence-corrected chi connectivity index (χ3v) is 4.12. The van der Waals surface area contributed by atoms with Crippen LogP contribution in [0.25, 0.3) is 0 Å². The molecule has 0 atom stereocenters. The monoisotopic (exact) mass is 384 g/mol. The Morgan fingerprint density at radius 1 is 1.08 bits per heavy atom. The topological polar surface area (TPSA) is 59.8 Å². The first kappa shape index (κ1) is 16.4. The van der Waals surface area contributed by atoms with E-state index in [0.717, 1.165) is 15.6 Å². The molecular weight excluding hydrogens is 368 g/mol. The maximum Gasteiger partial charge on any atom is 0.225 e. The standard InChI is InChI=1S/C18H17BrN4O/c19-16-6-3-15(4-7-16)13-23-17(9-11-21-23)22-18(24)8-5-14-2-1-10-20-12-14/h1-4,6-7,9-12H,5,8,13H2,(H,22,24). The molecule has 0 fully saturated rings. The van der Waals surface area contributed by atoms with Crippen molar-refractivity contribution in [1.29, 1.82) is 0 Å². The molecule has 3 rings (SSSR count). The maximum atomic E-state index is 12.2. The zero-order valence-corrected chi connectivity index (χ0v) is 14.6. The van der Waals surface area contributed by atoms with Gasteiger partial charge in [-0.05, 0) is 35.7 Å². The molecule has 24 heavy (non-hydrogen) atoms. The Morgan fingerprint density at radius 3 is 2.67 bits per heavy atom. The van der Waals surface area contributed by atoms with Crippen LogP contribution in [0.4, 0.5) is 5.82 Å². The number of aromatic nitrogens is 3. The lowest BCUT2D eigenvalue weighted by Gasteiger charge is -2.09. The van der Waals surface area contributed by atoms with Crippen LogP contribution >= 0.6 is 15.9 Å². The van der Waals surface area contributed by atoms with Crippen molar-refractivity contribution in [2.75, 3.05) is 5.32 Å². The van der Waals surface area contributed by atoms with E-state index in [1.165, 1.54) is 0 Å². The minimum atomic E-state index is -0.0311. The van der Waals surface area contributed by atoms with Crippen molar-refractivity contribution in [3.63, 3.8) is 0 Å². The molecule has 0 saturated carbocycles. The summed E-state index contributed by atoms with van der Waals surface area (Å²) in [7, 11) is 0. The van der Waals surface area contributed by atoms with E-state index < -0.39 is 0 Å². The zero-order chi connectivity index (χ0) is 16.8. The quantitative estimate of drug-likeness (QED) is 0.705. The van der Waals surface area contributed by atoms with E-state index in [9.17, 15) is 4.79 Å². The second-order valence-electron chi connectivity index (χ2n) is 5.41. The lowest BCUT2D eigenvalue weighted by Crippen LogP contribution is -2.16. The van der Waals surface area contributed by atoms with Crippen LogP contribution < -0.4 is 5.32 Å². The lowest BCUT2D eigenvalue weighted by molar-refractivity contribution is -0.116. The number of amides is 1. The summed E-state index contributed by atoms with van der Waals surface area (Å²) in [6, 6.07) is 13.7. The fourth-order valence-electron chi connectivity index (χ4n) is 2.34. The van der Waals surface area contributed by atoms with E-state index in [4.69, 9.17) is 0 Å². The van der Waals surface area contributed by atoms with Crippen LogP contribution in [0.3, 0.4) is 0 Å². The molecule has 0 saturated heterocycles. The van der Waals surface area contributed by atoms with Gasteiger partial charge in [0.05, 0.1) is 12.7 Å². The number of carbonyl (C=O) groups is 1. The Balaban J connectivity index is 1.58. The second-order valence-corrected chi connectivity index (χ2v) is 6.33. The number of carbonyl (C=O) groups excluding carboxylic acids is 1. The van der Waals surface area contributed by atoms with Crippen molar-refractivity contribution in [3.05, 3.63) is 76.7 Å². The van der Waals surface area contributed by atoms with Gasteiger partial charge in [-0.25, -0.2) is 4.68 Å².